The first-order valence-electron chi connectivity index (χ1n) is 6.08. The molecule has 0 saturated heterocycles. The third-order valence-electron chi connectivity index (χ3n) is 2.90. The van der Waals surface area contributed by atoms with Crippen LogP contribution >= 0.6 is 0 Å². The van der Waals surface area contributed by atoms with Gasteiger partial charge in [0.25, 0.3) is 0 Å². The number of rotatable bonds is 5. The van der Waals surface area contributed by atoms with E-state index < -0.39 is 27.2 Å². The number of methoxy groups -OCH3 is 1. The molecule has 0 bridgehead atoms. The lowest BCUT2D eigenvalue weighted by Gasteiger charge is -2.06. The van der Waals surface area contributed by atoms with E-state index in [0.29, 0.717) is 0 Å². The lowest BCUT2D eigenvalue weighted by molar-refractivity contribution is 0.101. The number of ether oxygens (including phenoxy) is 1. The average molecular weight is 308 g/mol. The Balaban J connectivity index is 2.26. The molecule has 0 aliphatic carbocycles. The van der Waals surface area contributed by atoms with Gasteiger partial charge in [-0.1, -0.05) is 18.2 Å². The Morgan fingerprint density at radius 2 is 1.81 bits per heavy atom. The molecule has 4 nitrogen and oxygen atoms in total. The van der Waals surface area contributed by atoms with Crippen LogP contribution in [0, 0.1) is 5.82 Å². The van der Waals surface area contributed by atoms with Crippen molar-refractivity contribution in [3.63, 3.8) is 0 Å². The fourth-order valence-electron chi connectivity index (χ4n) is 1.81. The second kappa shape index (κ2) is 6.05. The minimum absolute atomic E-state index is 0.0345. The Morgan fingerprint density at radius 1 is 1.14 bits per heavy atom. The maximum Gasteiger partial charge on any atom is 0.185 e. The molecule has 0 fully saturated rings. The van der Waals surface area contributed by atoms with Crippen molar-refractivity contribution in [1.82, 2.24) is 0 Å². The summed E-state index contributed by atoms with van der Waals surface area (Å²) in [6.45, 7) is 0. The summed E-state index contributed by atoms with van der Waals surface area (Å²) in [4.78, 5) is 12.0. The molecule has 0 heterocycles. The molecule has 2 aromatic carbocycles. The molecule has 21 heavy (non-hydrogen) atoms. The van der Waals surface area contributed by atoms with Crippen LogP contribution in [-0.2, 0) is 9.84 Å². The lowest BCUT2D eigenvalue weighted by Crippen LogP contribution is -2.17. The number of halogens is 1. The largest absolute Gasteiger partial charge is 0.497 e. The number of carbonyl (C=O) groups is 1. The first-order valence-corrected chi connectivity index (χ1v) is 7.74. The summed E-state index contributed by atoms with van der Waals surface area (Å²) in [5.41, 5.74) is -0.268. The van der Waals surface area contributed by atoms with E-state index in [1.807, 2.05) is 0 Å². The Kier molecular flexibility index (Phi) is 4.37. The Bertz CT molecular complexity index is 754. The summed E-state index contributed by atoms with van der Waals surface area (Å²) < 4.78 is 42.8. The third-order valence-corrected chi connectivity index (χ3v) is 4.53. The van der Waals surface area contributed by atoms with E-state index in [4.69, 9.17) is 4.74 Å². The van der Waals surface area contributed by atoms with Crippen molar-refractivity contribution in [3.8, 4) is 5.75 Å². The van der Waals surface area contributed by atoms with Crippen LogP contribution in [-0.4, -0.2) is 27.1 Å². The predicted molar refractivity (Wildman–Crippen MR) is 75.8 cm³/mol. The van der Waals surface area contributed by atoms with Gasteiger partial charge in [0.1, 0.15) is 17.3 Å². The molecule has 0 radical (unpaired) electrons. The van der Waals surface area contributed by atoms with E-state index in [1.165, 1.54) is 31.4 Å². The van der Waals surface area contributed by atoms with Crippen molar-refractivity contribution in [2.45, 2.75) is 4.90 Å². The zero-order chi connectivity index (χ0) is 15.5. The summed E-state index contributed by atoms with van der Waals surface area (Å²) in [6.07, 6.45) is 0. The number of ketones is 1. The van der Waals surface area contributed by atoms with Gasteiger partial charge < -0.3 is 4.74 Å². The smallest absolute Gasteiger partial charge is 0.185 e. The summed E-state index contributed by atoms with van der Waals surface area (Å²) in [6, 6.07) is 11.3. The van der Waals surface area contributed by atoms with Crippen molar-refractivity contribution in [2.75, 3.05) is 12.9 Å². The van der Waals surface area contributed by atoms with Gasteiger partial charge in [-0.15, -0.1) is 0 Å². The van der Waals surface area contributed by atoms with Crippen molar-refractivity contribution >= 4 is 15.6 Å². The van der Waals surface area contributed by atoms with Crippen LogP contribution in [0.25, 0.3) is 0 Å². The van der Waals surface area contributed by atoms with E-state index in [-0.39, 0.29) is 16.2 Å². The molecule has 110 valence electrons. The number of hydrogen-bond acceptors (Lipinski definition) is 4. The second-order valence-corrected chi connectivity index (χ2v) is 6.33. The van der Waals surface area contributed by atoms with Crippen LogP contribution < -0.4 is 4.74 Å². The van der Waals surface area contributed by atoms with Gasteiger partial charge in [0.05, 0.1) is 17.6 Å². The summed E-state index contributed by atoms with van der Waals surface area (Å²) in [5.74, 6) is -2.11. The van der Waals surface area contributed by atoms with Gasteiger partial charge in [-0.2, -0.15) is 0 Å². The van der Waals surface area contributed by atoms with Gasteiger partial charge in [-0.25, -0.2) is 12.8 Å². The van der Waals surface area contributed by atoms with Crippen LogP contribution in [0.1, 0.15) is 10.4 Å². The molecular weight excluding hydrogens is 295 g/mol. The highest BCUT2D eigenvalue weighted by atomic mass is 32.2. The van der Waals surface area contributed by atoms with Crippen molar-refractivity contribution in [1.29, 1.82) is 0 Å². The average Bonchev–Trinajstić information content (AvgIpc) is 2.47. The molecule has 0 aromatic heterocycles. The fourth-order valence-corrected chi connectivity index (χ4v) is 3.05. The standard InChI is InChI=1S/C15H13FO4S/c1-20-11-7-8-13(14(16)9-11)15(17)10-21(18,19)12-5-3-2-4-6-12/h2-9H,10H2,1H3. The Hall–Kier alpha value is -2.21. The SMILES string of the molecule is COc1ccc(C(=O)CS(=O)(=O)c2ccccc2)c(F)c1. The molecule has 2 aromatic rings. The summed E-state index contributed by atoms with van der Waals surface area (Å²) >= 11 is 0. The number of hydrogen-bond donors (Lipinski definition) is 0. The molecule has 2 rings (SSSR count). The molecular formula is C15H13FO4S. The van der Waals surface area contributed by atoms with Crippen LogP contribution in [0.2, 0.25) is 0 Å². The molecule has 0 unspecified atom stereocenters. The van der Waals surface area contributed by atoms with Gasteiger partial charge in [-0.3, -0.25) is 4.79 Å². The first kappa shape index (κ1) is 15.2. The highest BCUT2D eigenvalue weighted by Gasteiger charge is 2.22. The van der Waals surface area contributed by atoms with Crippen LogP contribution in [0.4, 0.5) is 4.39 Å². The second-order valence-electron chi connectivity index (χ2n) is 4.34. The van der Waals surface area contributed by atoms with E-state index in [2.05, 4.69) is 0 Å². The lowest BCUT2D eigenvalue weighted by atomic mass is 10.1. The molecule has 0 spiro atoms. The van der Waals surface area contributed by atoms with E-state index in [9.17, 15) is 17.6 Å². The third kappa shape index (κ3) is 3.46. The minimum atomic E-state index is -3.79. The van der Waals surface area contributed by atoms with Gasteiger partial charge in [-0.05, 0) is 24.3 Å². The molecule has 0 aliphatic heterocycles. The summed E-state index contributed by atoms with van der Waals surface area (Å²) in [5, 5.41) is 0. The number of carbonyl (C=O) groups excluding carboxylic acids is 1. The van der Waals surface area contributed by atoms with E-state index in [0.717, 1.165) is 6.07 Å². The number of Topliss-reactive ketones (excluding diaryl/α,β-unsaturated/α-hetero) is 1. The normalized spacial score (nSPS) is 11.1. The Morgan fingerprint density at radius 3 is 2.38 bits per heavy atom. The highest BCUT2D eigenvalue weighted by molar-refractivity contribution is 7.92. The molecule has 6 heteroatoms. The maximum atomic E-state index is 13.8. The van der Waals surface area contributed by atoms with Crippen molar-refractivity contribution < 1.29 is 22.3 Å². The van der Waals surface area contributed by atoms with E-state index in [1.54, 1.807) is 18.2 Å². The monoisotopic (exact) mass is 308 g/mol. The highest BCUT2D eigenvalue weighted by Crippen LogP contribution is 2.18. The molecule has 0 amide bonds. The number of benzene rings is 2. The van der Waals surface area contributed by atoms with Crippen LogP contribution in [0.5, 0.6) is 5.75 Å². The quantitative estimate of drug-likeness (QED) is 0.796. The zero-order valence-electron chi connectivity index (χ0n) is 11.2. The zero-order valence-corrected chi connectivity index (χ0v) is 12.1. The Labute approximate surface area is 122 Å². The topological polar surface area (TPSA) is 60.4 Å². The van der Waals surface area contributed by atoms with Crippen LogP contribution in [0.3, 0.4) is 0 Å². The van der Waals surface area contributed by atoms with Gasteiger partial charge in [0.2, 0.25) is 0 Å². The van der Waals surface area contributed by atoms with Crippen molar-refractivity contribution in [2.24, 2.45) is 0 Å². The van der Waals surface area contributed by atoms with Crippen LogP contribution in [0.15, 0.2) is 53.4 Å². The first-order chi connectivity index (χ1) is 9.94. The van der Waals surface area contributed by atoms with Gasteiger partial charge in [0, 0.05) is 6.07 Å². The fraction of sp³-hybridized carbons (Fsp3) is 0.133. The molecule has 0 saturated carbocycles. The number of sulfone groups is 1. The van der Waals surface area contributed by atoms with Gasteiger partial charge in [0.15, 0.2) is 15.6 Å². The maximum absolute atomic E-state index is 13.8. The minimum Gasteiger partial charge on any atom is -0.497 e. The van der Waals surface area contributed by atoms with Gasteiger partial charge >= 0.3 is 0 Å². The molecule has 0 N–H and O–H groups in total. The summed E-state index contributed by atoms with van der Waals surface area (Å²) in [7, 11) is -2.42. The molecule has 0 aliphatic rings. The van der Waals surface area contributed by atoms with E-state index >= 15 is 0 Å². The molecule has 0 atom stereocenters. The van der Waals surface area contributed by atoms with Crippen molar-refractivity contribution in [3.05, 3.63) is 59.9 Å². The predicted octanol–water partition coefficient (Wildman–Crippen LogP) is 2.49.